The Kier molecular flexibility index (Phi) is 5.59. The zero-order valence-corrected chi connectivity index (χ0v) is 18.3. The van der Waals surface area contributed by atoms with E-state index in [0.717, 1.165) is 22.2 Å². The van der Waals surface area contributed by atoms with E-state index in [4.69, 9.17) is 0 Å². The van der Waals surface area contributed by atoms with Crippen molar-refractivity contribution in [1.29, 1.82) is 0 Å². The zero-order chi connectivity index (χ0) is 22.1. The number of imidazole rings is 1. The number of carbonyl (C=O) groups excluding carboxylic acids is 1. The van der Waals surface area contributed by atoms with Gasteiger partial charge in [-0.15, -0.1) is 0 Å². The van der Waals surface area contributed by atoms with E-state index >= 15 is 0 Å². The van der Waals surface area contributed by atoms with Crippen LogP contribution in [0.15, 0.2) is 41.2 Å². The van der Waals surface area contributed by atoms with Crippen LogP contribution in [-0.4, -0.2) is 32.2 Å². The number of H-pyrrole nitrogens is 1. The molecule has 2 heterocycles. The van der Waals surface area contributed by atoms with Gasteiger partial charge in [0.15, 0.2) is 0 Å². The van der Waals surface area contributed by atoms with Crippen LogP contribution >= 0.6 is 0 Å². The molecule has 2 aromatic heterocycles. The van der Waals surface area contributed by atoms with E-state index in [1.807, 2.05) is 32.0 Å². The highest BCUT2D eigenvalue weighted by atomic mass is 16.2. The normalized spacial score (nSPS) is 12.4. The van der Waals surface area contributed by atoms with Crippen LogP contribution in [0.5, 0.6) is 0 Å². The van der Waals surface area contributed by atoms with Gasteiger partial charge >= 0.3 is 0 Å². The summed E-state index contributed by atoms with van der Waals surface area (Å²) in [7, 11) is 0. The van der Waals surface area contributed by atoms with Crippen LogP contribution in [0.1, 0.15) is 42.4 Å². The first kappa shape index (κ1) is 20.8. The lowest BCUT2D eigenvalue weighted by atomic mass is 10.0. The predicted octanol–water partition coefficient (Wildman–Crippen LogP) is 3.37. The van der Waals surface area contributed by atoms with Gasteiger partial charge in [0, 0.05) is 24.9 Å². The van der Waals surface area contributed by atoms with Gasteiger partial charge in [0.2, 0.25) is 5.91 Å². The molecule has 0 bridgehead atoms. The molecular formula is C24H27N5O2. The van der Waals surface area contributed by atoms with Crippen molar-refractivity contribution in [2.24, 2.45) is 0 Å². The summed E-state index contributed by atoms with van der Waals surface area (Å²) < 4.78 is 1.42. The first-order valence-corrected chi connectivity index (χ1v) is 10.6. The smallest absolute Gasteiger partial charge is 0.274 e. The molecule has 0 spiro atoms. The third kappa shape index (κ3) is 3.95. The van der Waals surface area contributed by atoms with Gasteiger partial charge in [0.05, 0.1) is 28.0 Å². The largest absolute Gasteiger partial charge is 0.355 e. The molecule has 7 heteroatoms. The zero-order valence-electron chi connectivity index (χ0n) is 18.3. The molecule has 2 aromatic carbocycles. The van der Waals surface area contributed by atoms with E-state index < -0.39 is 5.92 Å². The first-order valence-electron chi connectivity index (χ1n) is 10.6. The molecule has 4 rings (SSSR count). The number of rotatable bonds is 6. The van der Waals surface area contributed by atoms with E-state index in [1.54, 1.807) is 6.07 Å². The summed E-state index contributed by atoms with van der Waals surface area (Å²) in [6.45, 7) is 8.76. The summed E-state index contributed by atoms with van der Waals surface area (Å²) in [5.74, 6) is 0.238. The van der Waals surface area contributed by atoms with Crippen molar-refractivity contribution in [3.8, 4) is 0 Å². The van der Waals surface area contributed by atoms with Crippen LogP contribution in [0.2, 0.25) is 0 Å². The van der Waals surface area contributed by atoms with Crippen LogP contribution in [0.4, 0.5) is 0 Å². The van der Waals surface area contributed by atoms with E-state index in [9.17, 15) is 9.59 Å². The number of aromatic amines is 1. The standard InChI is InChI=1S/C24H27N5O2/c1-5-29-24(31)18-9-7-6-8-17(18)22(28-29)16(4)23(30)25-11-10-21-26-19-12-14(2)15(3)13-20(19)27-21/h6-9,12-13,16H,5,10-11H2,1-4H3,(H,25,30)(H,26,27)/t16-/m0/s1. The van der Waals surface area contributed by atoms with Gasteiger partial charge in [-0.05, 0) is 57.0 Å². The van der Waals surface area contributed by atoms with Crippen LogP contribution in [0.3, 0.4) is 0 Å². The SMILES string of the molecule is CCn1nc([C@H](C)C(=O)NCCc2nc3cc(C)c(C)cc3[nH]2)c2ccccc2c1=O. The van der Waals surface area contributed by atoms with Gasteiger partial charge in [-0.3, -0.25) is 9.59 Å². The summed E-state index contributed by atoms with van der Waals surface area (Å²) in [6, 6.07) is 11.5. The second kappa shape index (κ2) is 8.34. The Balaban J connectivity index is 1.49. The van der Waals surface area contributed by atoms with Crippen molar-refractivity contribution < 1.29 is 4.79 Å². The Bertz CT molecular complexity index is 1300. The third-order valence-corrected chi connectivity index (χ3v) is 5.81. The van der Waals surface area contributed by atoms with Crippen LogP contribution in [0.25, 0.3) is 21.8 Å². The van der Waals surface area contributed by atoms with Gasteiger partial charge in [-0.25, -0.2) is 9.67 Å². The van der Waals surface area contributed by atoms with Crippen molar-refractivity contribution in [2.45, 2.75) is 46.6 Å². The molecule has 0 aliphatic rings. The lowest BCUT2D eigenvalue weighted by molar-refractivity contribution is -0.122. The molecule has 0 unspecified atom stereocenters. The Morgan fingerprint density at radius 1 is 1.16 bits per heavy atom. The molecule has 0 saturated heterocycles. The molecule has 0 saturated carbocycles. The minimum Gasteiger partial charge on any atom is -0.355 e. The van der Waals surface area contributed by atoms with Crippen LogP contribution < -0.4 is 10.9 Å². The maximum absolute atomic E-state index is 12.9. The minimum atomic E-state index is -0.482. The lowest BCUT2D eigenvalue weighted by Gasteiger charge is -2.15. The Morgan fingerprint density at radius 3 is 2.61 bits per heavy atom. The maximum Gasteiger partial charge on any atom is 0.274 e. The molecule has 160 valence electrons. The van der Waals surface area contributed by atoms with Crippen molar-refractivity contribution in [3.63, 3.8) is 0 Å². The molecule has 0 radical (unpaired) electrons. The van der Waals surface area contributed by atoms with Gasteiger partial charge < -0.3 is 10.3 Å². The average Bonchev–Trinajstić information content (AvgIpc) is 3.15. The highest BCUT2D eigenvalue weighted by Gasteiger charge is 2.21. The summed E-state index contributed by atoms with van der Waals surface area (Å²) >= 11 is 0. The van der Waals surface area contributed by atoms with Gasteiger partial charge in [-0.2, -0.15) is 5.10 Å². The number of fused-ring (bicyclic) bond motifs is 2. The minimum absolute atomic E-state index is 0.123. The molecule has 1 atom stereocenters. The number of amides is 1. The quantitative estimate of drug-likeness (QED) is 0.503. The number of hydrogen-bond acceptors (Lipinski definition) is 4. The van der Waals surface area contributed by atoms with Gasteiger partial charge in [0.1, 0.15) is 5.82 Å². The molecule has 31 heavy (non-hydrogen) atoms. The fraction of sp³-hybridized carbons (Fsp3) is 0.333. The molecule has 0 aliphatic heterocycles. The number of carbonyl (C=O) groups is 1. The van der Waals surface area contributed by atoms with Crippen molar-refractivity contribution >= 4 is 27.7 Å². The summed E-state index contributed by atoms with van der Waals surface area (Å²) in [6.07, 6.45) is 0.605. The topological polar surface area (TPSA) is 92.7 Å². The molecule has 1 amide bonds. The number of nitrogens with zero attached hydrogens (tertiary/aromatic N) is 3. The fourth-order valence-corrected chi connectivity index (χ4v) is 3.82. The average molecular weight is 418 g/mol. The van der Waals surface area contributed by atoms with Crippen LogP contribution in [-0.2, 0) is 17.8 Å². The first-order chi connectivity index (χ1) is 14.9. The Morgan fingerprint density at radius 2 is 1.87 bits per heavy atom. The third-order valence-electron chi connectivity index (χ3n) is 5.81. The second-order valence-corrected chi connectivity index (χ2v) is 7.95. The summed E-state index contributed by atoms with van der Waals surface area (Å²) in [5, 5.41) is 8.77. The van der Waals surface area contributed by atoms with E-state index in [2.05, 4.69) is 46.4 Å². The predicted molar refractivity (Wildman–Crippen MR) is 122 cm³/mol. The Labute approximate surface area is 180 Å². The number of nitrogens with one attached hydrogen (secondary N) is 2. The molecule has 2 N–H and O–H groups in total. The molecule has 0 aliphatic carbocycles. The van der Waals surface area contributed by atoms with E-state index in [-0.39, 0.29) is 11.5 Å². The maximum atomic E-state index is 12.9. The number of benzene rings is 2. The van der Waals surface area contributed by atoms with Crippen LogP contribution in [0, 0.1) is 13.8 Å². The summed E-state index contributed by atoms with van der Waals surface area (Å²) in [4.78, 5) is 33.4. The van der Waals surface area contributed by atoms with Crippen molar-refractivity contribution in [2.75, 3.05) is 6.54 Å². The van der Waals surface area contributed by atoms with Crippen molar-refractivity contribution in [3.05, 3.63) is 69.4 Å². The highest BCUT2D eigenvalue weighted by Crippen LogP contribution is 2.22. The highest BCUT2D eigenvalue weighted by molar-refractivity contribution is 5.91. The molecule has 0 fully saturated rings. The van der Waals surface area contributed by atoms with Crippen molar-refractivity contribution in [1.82, 2.24) is 25.1 Å². The molecular weight excluding hydrogens is 390 g/mol. The summed E-state index contributed by atoms with van der Waals surface area (Å²) in [5.41, 5.74) is 4.86. The van der Waals surface area contributed by atoms with E-state index in [1.165, 1.54) is 15.8 Å². The monoisotopic (exact) mass is 417 g/mol. The Hall–Kier alpha value is -3.48. The molecule has 7 nitrogen and oxygen atoms in total. The van der Waals surface area contributed by atoms with E-state index in [0.29, 0.717) is 30.6 Å². The molecule has 4 aromatic rings. The van der Waals surface area contributed by atoms with Gasteiger partial charge in [-0.1, -0.05) is 18.2 Å². The fourth-order valence-electron chi connectivity index (χ4n) is 3.82. The number of aryl methyl sites for hydroxylation is 3. The second-order valence-electron chi connectivity index (χ2n) is 7.95. The van der Waals surface area contributed by atoms with Gasteiger partial charge in [0.25, 0.3) is 5.56 Å². The lowest BCUT2D eigenvalue weighted by Crippen LogP contribution is -2.32. The number of aromatic nitrogens is 4. The number of hydrogen-bond donors (Lipinski definition) is 2.